The van der Waals surface area contributed by atoms with Crippen molar-refractivity contribution in [1.82, 2.24) is 4.90 Å². The summed E-state index contributed by atoms with van der Waals surface area (Å²) in [4.78, 5) is 2.44. The maximum atomic E-state index is 10.4. The van der Waals surface area contributed by atoms with Crippen LogP contribution in [0.1, 0.15) is 58.6 Å². The molecule has 1 unspecified atom stereocenters. The Morgan fingerprint density at radius 2 is 1.81 bits per heavy atom. The number of benzene rings is 1. The smallest absolute Gasteiger partial charge is 0.162 e. The number of nitrogens with zero attached hydrogens (tertiary/aromatic N) is 1. The number of hydrogen-bond acceptors (Lipinski definition) is 3. The van der Waals surface area contributed by atoms with Crippen molar-refractivity contribution in [3.8, 4) is 11.5 Å². The predicted octanol–water partition coefficient (Wildman–Crippen LogP) is 3.78. The van der Waals surface area contributed by atoms with Gasteiger partial charge < -0.3 is 9.84 Å². The molecular weight excluding hydrogens is 262 g/mol. The van der Waals surface area contributed by atoms with Crippen LogP contribution in [0.5, 0.6) is 11.5 Å². The Morgan fingerprint density at radius 1 is 1.19 bits per heavy atom. The van der Waals surface area contributed by atoms with Gasteiger partial charge in [0.25, 0.3) is 0 Å². The van der Waals surface area contributed by atoms with E-state index in [4.69, 9.17) is 4.74 Å². The van der Waals surface area contributed by atoms with E-state index in [0.717, 1.165) is 30.0 Å². The van der Waals surface area contributed by atoms with Crippen molar-refractivity contribution in [3.05, 3.63) is 23.3 Å². The molecule has 0 aromatic heterocycles. The van der Waals surface area contributed by atoms with Crippen molar-refractivity contribution in [2.75, 3.05) is 13.1 Å². The molecule has 3 nitrogen and oxygen atoms in total. The van der Waals surface area contributed by atoms with E-state index >= 15 is 0 Å². The fourth-order valence-corrected chi connectivity index (χ4v) is 3.68. The van der Waals surface area contributed by atoms with Gasteiger partial charge in [-0.25, -0.2) is 0 Å². The molecule has 2 aliphatic rings. The summed E-state index contributed by atoms with van der Waals surface area (Å²) in [5.41, 5.74) is 1.91. The zero-order valence-electron chi connectivity index (χ0n) is 13.9. The molecule has 2 aliphatic heterocycles. The molecule has 1 saturated heterocycles. The van der Waals surface area contributed by atoms with Crippen molar-refractivity contribution in [3.63, 3.8) is 0 Å². The van der Waals surface area contributed by atoms with E-state index < -0.39 is 0 Å². The summed E-state index contributed by atoms with van der Waals surface area (Å²) in [5.74, 6) is 1.33. The summed E-state index contributed by atoms with van der Waals surface area (Å²) in [5, 5.41) is 10.4. The van der Waals surface area contributed by atoms with Gasteiger partial charge in [-0.05, 0) is 30.4 Å². The molecule has 0 saturated carbocycles. The van der Waals surface area contributed by atoms with Crippen LogP contribution < -0.4 is 4.74 Å². The Balaban J connectivity index is 2.02. The van der Waals surface area contributed by atoms with Crippen LogP contribution in [0.25, 0.3) is 0 Å². The predicted molar refractivity (Wildman–Crippen MR) is 85.1 cm³/mol. The summed E-state index contributed by atoms with van der Waals surface area (Å²) in [6.07, 6.45) is 2.60. The van der Waals surface area contributed by atoms with Gasteiger partial charge in [-0.1, -0.05) is 34.6 Å². The second kappa shape index (κ2) is 4.64. The number of phenolic OH excluding ortho intramolecular Hbond substituents is 1. The van der Waals surface area contributed by atoms with E-state index in [2.05, 4.69) is 39.5 Å². The van der Waals surface area contributed by atoms with Gasteiger partial charge in [-0.2, -0.15) is 0 Å². The zero-order valence-corrected chi connectivity index (χ0v) is 13.9. The first-order chi connectivity index (χ1) is 9.71. The molecule has 21 heavy (non-hydrogen) atoms. The highest BCUT2D eigenvalue weighted by Crippen LogP contribution is 2.48. The average molecular weight is 289 g/mol. The minimum atomic E-state index is -0.0897. The van der Waals surface area contributed by atoms with E-state index in [0.29, 0.717) is 5.75 Å². The SMILES string of the molecule is CC(C)(C)c1cc2c(cc1O)C(C)(C)C(N1CCCC1)O2. The Labute approximate surface area is 127 Å². The van der Waals surface area contributed by atoms with E-state index in [1.807, 2.05) is 12.1 Å². The van der Waals surface area contributed by atoms with Crippen LogP contribution in [0.4, 0.5) is 0 Å². The monoisotopic (exact) mass is 289 g/mol. The zero-order chi connectivity index (χ0) is 15.4. The minimum Gasteiger partial charge on any atom is -0.508 e. The number of aromatic hydroxyl groups is 1. The molecule has 3 rings (SSSR count). The van der Waals surface area contributed by atoms with Crippen LogP contribution in [-0.2, 0) is 10.8 Å². The topological polar surface area (TPSA) is 32.7 Å². The van der Waals surface area contributed by atoms with Crippen LogP contribution in [0.2, 0.25) is 0 Å². The van der Waals surface area contributed by atoms with Gasteiger partial charge in [0.2, 0.25) is 0 Å². The lowest BCUT2D eigenvalue weighted by Crippen LogP contribution is -2.46. The highest BCUT2D eigenvalue weighted by atomic mass is 16.5. The van der Waals surface area contributed by atoms with Gasteiger partial charge in [-0.15, -0.1) is 0 Å². The fraction of sp³-hybridized carbons (Fsp3) is 0.667. The first kappa shape index (κ1) is 14.7. The van der Waals surface area contributed by atoms with Crippen LogP contribution in [0.3, 0.4) is 0 Å². The number of ether oxygens (including phenoxy) is 1. The van der Waals surface area contributed by atoms with Gasteiger partial charge in [0.05, 0.1) is 0 Å². The first-order valence-electron chi connectivity index (χ1n) is 8.00. The van der Waals surface area contributed by atoms with Gasteiger partial charge in [0.15, 0.2) is 6.23 Å². The minimum absolute atomic E-state index is 0.0850. The lowest BCUT2D eigenvalue weighted by atomic mass is 9.80. The third-order valence-corrected chi connectivity index (χ3v) is 4.93. The maximum Gasteiger partial charge on any atom is 0.162 e. The normalized spacial score (nSPS) is 24.9. The summed E-state index contributed by atoms with van der Waals surface area (Å²) in [7, 11) is 0. The summed E-state index contributed by atoms with van der Waals surface area (Å²) in [6.45, 7) is 13.0. The molecule has 1 atom stereocenters. The molecule has 3 heteroatoms. The average Bonchev–Trinajstić information content (AvgIpc) is 2.95. The Morgan fingerprint density at radius 3 is 2.38 bits per heavy atom. The number of fused-ring (bicyclic) bond motifs is 1. The fourth-order valence-electron chi connectivity index (χ4n) is 3.68. The Bertz CT molecular complexity index is 551. The number of phenols is 1. The molecular formula is C18H27NO2. The molecule has 1 N–H and O–H groups in total. The lowest BCUT2D eigenvalue weighted by molar-refractivity contribution is 0.0142. The van der Waals surface area contributed by atoms with Crippen molar-refractivity contribution in [2.45, 2.75) is 64.5 Å². The summed E-state index contributed by atoms with van der Waals surface area (Å²) < 4.78 is 6.31. The van der Waals surface area contributed by atoms with Gasteiger partial charge >= 0.3 is 0 Å². The third kappa shape index (κ3) is 2.32. The van der Waals surface area contributed by atoms with Gasteiger partial charge in [-0.3, -0.25) is 4.90 Å². The molecule has 116 valence electrons. The number of rotatable bonds is 1. The van der Waals surface area contributed by atoms with E-state index in [1.54, 1.807) is 0 Å². The highest BCUT2D eigenvalue weighted by Gasteiger charge is 2.46. The Hall–Kier alpha value is -1.22. The standard InChI is InChI=1S/C18H27NO2/c1-17(2,3)12-11-15-13(10-14(12)20)18(4,5)16(21-15)19-8-6-7-9-19/h10-11,16,20H,6-9H2,1-5H3. The van der Waals surface area contributed by atoms with Gasteiger partial charge in [0, 0.05) is 29.6 Å². The van der Waals surface area contributed by atoms with E-state index in [1.165, 1.54) is 12.8 Å². The molecule has 0 radical (unpaired) electrons. The second-order valence-corrected chi connectivity index (χ2v) is 8.05. The molecule has 1 fully saturated rings. The van der Waals surface area contributed by atoms with Crippen LogP contribution >= 0.6 is 0 Å². The van der Waals surface area contributed by atoms with Crippen LogP contribution in [0.15, 0.2) is 12.1 Å². The van der Waals surface area contributed by atoms with Crippen molar-refractivity contribution in [2.24, 2.45) is 0 Å². The molecule has 0 spiro atoms. The molecule has 2 heterocycles. The van der Waals surface area contributed by atoms with E-state index in [-0.39, 0.29) is 17.1 Å². The van der Waals surface area contributed by atoms with Crippen molar-refractivity contribution in [1.29, 1.82) is 0 Å². The Kier molecular flexibility index (Phi) is 3.25. The molecule has 0 aliphatic carbocycles. The highest BCUT2D eigenvalue weighted by molar-refractivity contribution is 5.53. The molecule has 1 aromatic carbocycles. The number of hydrogen-bond donors (Lipinski definition) is 1. The molecule has 0 amide bonds. The maximum absolute atomic E-state index is 10.4. The number of likely N-dealkylation sites (tertiary alicyclic amines) is 1. The largest absolute Gasteiger partial charge is 0.508 e. The quantitative estimate of drug-likeness (QED) is 0.854. The van der Waals surface area contributed by atoms with E-state index in [9.17, 15) is 5.11 Å². The lowest BCUT2D eigenvalue weighted by Gasteiger charge is -2.33. The molecule has 1 aromatic rings. The van der Waals surface area contributed by atoms with Crippen molar-refractivity contribution >= 4 is 0 Å². The first-order valence-corrected chi connectivity index (χ1v) is 8.00. The van der Waals surface area contributed by atoms with Crippen LogP contribution in [0, 0.1) is 0 Å². The second-order valence-electron chi connectivity index (χ2n) is 8.05. The van der Waals surface area contributed by atoms with Crippen LogP contribution in [-0.4, -0.2) is 29.3 Å². The third-order valence-electron chi connectivity index (χ3n) is 4.93. The van der Waals surface area contributed by atoms with Gasteiger partial charge in [0.1, 0.15) is 11.5 Å². The van der Waals surface area contributed by atoms with Crippen molar-refractivity contribution < 1.29 is 9.84 Å². The summed E-state index contributed by atoms with van der Waals surface area (Å²) in [6, 6.07) is 3.97. The summed E-state index contributed by atoms with van der Waals surface area (Å²) >= 11 is 0. The molecule has 0 bridgehead atoms.